The number of nitrogens with zero attached hydrogens (tertiary/aromatic N) is 4. The number of benzene rings is 1. The first-order valence-electron chi connectivity index (χ1n) is 15.1. The highest BCUT2D eigenvalue weighted by atomic mass is 32.2. The van der Waals surface area contributed by atoms with E-state index in [0.29, 0.717) is 36.0 Å². The van der Waals surface area contributed by atoms with Crippen molar-refractivity contribution in [1.82, 2.24) is 19.4 Å². The molecule has 1 saturated carbocycles. The number of carbonyl (C=O) groups excluding carboxylic acids is 1. The lowest BCUT2D eigenvalue weighted by atomic mass is 9.85. The second-order valence-corrected chi connectivity index (χ2v) is 13.0. The second-order valence-electron chi connectivity index (χ2n) is 12.1. The summed E-state index contributed by atoms with van der Waals surface area (Å²) in [5, 5.41) is 27.7. The average Bonchev–Trinajstić information content (AvgIpc) is 3.73. The van der Waals surface area contributed by atoms with E-state index < -0.39 is 11.5 Å². The van der Waals surface area contributed by atoms with Gasteiger partial charge in [-0.2, -0.15) is 9.65 Å². The fourth-order valence-electron chi connectivity index (χ4n) is 6.53. The van der Waals surface area contributed by atoms with Crippen LogP contribution in [0.2, 0.25) is 0 Å². The van der Waals surface area contributed by atoms with E-state index in [1.165, 1.54) is 18.0 Å². The molecule has 4 atom stereocenters. The summed E-state index contributed by atoms with van der Waals surface area (Å²) in [4.78, 5) is 18.0. The lowest BCUT2D eigenvalue weighted by molar-refractivity contribution is 0.0202. The Balaban J connectivity index is 1.19. The molecule has 3 aromatic heterocycles. The number of aromatic nitrogens is 3. The van der Waals surface area contributed by atoms with E-state index in [1.54, 1.807) is 6.92 Å². The standard InChI is InChI=1S/C34H35FN6O3S/c1-20-12-13-23(18-34(3,43)28-17-27(44-39-28)22-9-5-4-6-10-22)30(20)40-45-32-21(2)31(41-14-8-7-11-26(32)41)33(42)38-24-15-25(19-36)37-29(35)16-24/h4-7,9-11,15-17,20,23,30,40,43H,8,12-14,18H2,1-3H3,(H,37,38,42). The fourth-order valence-corrected chi connectivity index (χ4v) is 7.74. The van der Waals surface area contributed by atoms with Crippen LogP contribution >= 0.6 is 11.9 Å². The van der Waals surface area contributed by atoms with Crippen LogP contribution in [0.25, 0.3) is 17.4 Å². The summed E-state index contributed by atoms with van der Waals surface area (Å²) in [7, 11) is 0. The zero-order valence-electron chi connectivity index (χ0n) is 25.4. The van der Waals surface area contributed by atoms with Gasteiger partial charge in [0.15, 0.2) is 5.76 Å². The van der Waals surface area contributed by atoms with Gasteiger partial charge in [-0.1, -0.05) is 48.5 Å². The van der Waals surface area contributed by atoms with E-state index in [0.717, 1.165) is 47.0 Å². The van der Waals surface area contributed by atoms with E-state index in [2.05, 4.69) is 33.2 Å². The molecule has 0 radical (unpaired) electrons. The monoisotopic (exact) mass is 626 g/mol. The summed E-state index contributed by atoms with van der Waals surface area (Å²) in [5.74, 6) is -0.0230. The molecule has 45 heavy (non-hydrogen) atoms. The summed E-state index contributed by atoms with van der Waals surface area (Å²) < 4.78 is 25.2. The van der Waals surface area contributed by atoms with E-state index >= 15 is 0 Å². The van der Waals surface area contributed by atoms with E-state index in [9.17, 15) is 14.3 Å². The van der Waals surface area contributed by atoms with Crippen molar-refractivity contribution in [2.24, 2.45) is 11.8 Å². The summed E-state index contributed by atoms with van der Waals surface area (Å²) in [5.41, 5.74) is 2.56. The maximum absolute atomic E-state index is 13.9. The highest BCUT2D eigenvalue weighted by Gasteiger charge is 2.40. The van der Waals surface area contributed by atoms with Crippen molar-refractivity contribution in [3.8, 4) is 17.4 Å². The van der Waals surface area contributed by atoms with Crippen molar-refractivity contribution in [2.45, 2.75) is 69.5 Å². The minimum absolute atomic E-state index is 0.109. The Hall–Kier alpha value is -4.24. The normalized spacial score (nSPS) is 20.4. The number of hydrogen-bond acceptors (Lipinski definition) is 8. The predicted molar refractivity (Wildman–Crippen MR) is 170 cm³/mol. The van der Waals surface area contributed by atoms with Crippen LogP contribution in [0.4, 0.5) is 10.1 Å². The molecule has 6 rings (SSSR count). The fraction of sp³-hybridized carbons (Fsp3) is 0.353. The molecule has 1 fully saturated rings. The Labute approximate surface area is 265 Å². The lowest BCUT2D eigenvalue weighted by Crippen LogP contribution is -2.36. The first-order chi connectivity index (χ1) is 21.6. The van der Waals surface area contributed by atoms with Crippen LogP contribution < -0.4 is 10.0 Å². The molecule has 0 spiro atoms. The van der Waals surface area contributed by atoms with Gasteiger partial charge in [0, 0.05) is 36.0 Å². The highest BCUT2D eigenvalue weighted by Crippen LogP contribution is 2.42. The molecular formula is C34H35FN6O3S. The Bertz CT molecular complexity index is 1790. The molecule has 1 aliphatic heterocycles. The summed E-state index contributed by atoms with van der Waals surface area (Å²) >= 11 is 1.51. The smallest absolute Gasteiger partial charge is 0.272 e. The van der Waals surface area contributed by atoms with Crippen LogP contribution in [-0.2, 0) is 12.1 Å². The van der Waals surface area contributed by atoms with E-state index in [-0.39, 0.29) is 29.2 Å². The number of aliphatic hydroxyl groups is 1. The topological polar surface area (TPSA) is 129 Å². The third-order valence-electron chi connectivity index (χ3n) is 8.86. The molecule has 4 unspecified atom stereocenters. The quantitative estimate of drug-likeness (QED) is 0.136. The third kappa shape index (κ3) is 6.31. The van der Waals surface area contributed by atoms with Crippen LogP contribution in [0.5, 0.6) is 0 Å². The molecule has 1 amide bonds. The molecule has 1 aliphatic carbocycles. The average molecular weight is 627 g/mol. The Kier molecular flexibility index (Phi) is 8.64. The van der Waals surface area contributed by atoms with Crippen LogP contribution in [0.3, 0.4) is 0 Å². The van der Waals surface area contributed by atoms with Crippen molar-refractivity contribution in [3.63, 3.8) is 0 Å². The number of rotatable bonds is 9. The number of fused-ring (bicyclic) bond motifs is 1. The molecular weight excluding hydrogens is 591 g/mol. The Morgan fingerprint density at radius 3 is 2.84 bits per heavy atom. The van der Waals surface area contributed by atoms with Gasteiger partial charge in [0.25, 0.3) is 5.91 Å². The van der Waals surface area contributed by atoms with Crippen molar-refractivity contribution in [3.05, 3.63) is 88.9 Å². The molecule has 11 heteroatoms. The Morgan fingerprint density at radius 1 is 1.27 bits per heavy atom. The number of halogens is 1. The van der Waals surface area contributed by atoms with Gasteiger partial charge >= 0.3 is 0 Å². The largest absolute Gasteiger partial charge is 0.384 e. The van der Waals surface area contributed by atoms with Crippen LogP contribution in [0.1, 0.15) is 72.7 Å². The van der Waals surface area contributed by atoms with Gasteiger partial charge in [-0.25, -0.2) is 4.98 Å². The summed E-state index contributed by atoms with van der Waals surface area (Å²) in [6.45, 7) is 6.57. The molecule has 3 N–H and O–H groups in total. The van der Waals surface area contributed by atoms with Crippen molar-refractivity contribution in [1.29, 1.82) is 5.26 Å². The van der Waals surface area contributed by atoms with Crippen LogP contribution in [-0.4, -0.2) is 31.8 Å². The number of nitrogens with one attached hydrogen (secondary N) is 2. The lowest BCUT2D eigenvalue weighted by Gasteiger charge is -2.30. The third-order valence-corrected chi connectivity index (χ3v) is 9.97. The SMILES string of the molecule is Cc1c(SNC2C(C)CCC2CC(C)(O)c2cc(-c3ccccc3)on2)c2n(c1C(=O)Nc1cc(F)nc(C#N)c1)CCC=C2. The van der Waals surface area contributed by atoms with Crippen LogP contribution in [0, 0.1) is 36.0 Å². The Morgan fingerprint density at radius 2 is 2.07 bits per heavy atom. The van der Waals surface area contributed by atoms with Gasteiger partial charge in [0.2, 0.25) is 5.95 Å². The number of nitriles is 1. The predicted octanol–water partition coefficient (Wildman–Crippen LogP) is 6.84. The minimum atomic E-state index is -1.17. The van der Waals surface area contributed by atoms with Gasteiger partial charge < -0.3 is 19.5 Å². The molecule has 0 saturated heterocycles. The molecule has 1 aromatic carbocycles. The highest BCUT2D eigenvalue weighted by molar-refractivity contribution is 7.97. The molecule has 2 aliphatic rings. The number of carbonyl (C=O) groups is 1. The second kappa shape index (κ2) is 12.6. The molecule has 9 nitrogen and oxygen atoms in total. The van der Waals surface area contributed by atoms with Crippen molar-refractivity contribution in [2.75, 3.05) is 5.32 Å². The minimum Gasteiger partial charge on any atom is -0.384 e. The van der Waals surface area contributed by atoms with Gasteiger partial charge in [-0.15, -0.1) is 0 Å². The number of hydrogen-bond donors (Lipinski definition) is 3. The van der Waals surface area contributed by atoms with Crippen LogP contribution in [0.15, 0.2) is 64.0 Å². The number of amides is 1. The van der Waals surface area contributed by atoms with Crippen molar-refractivity contribution < 1.29 is 18.8 Å². The molecule has 4 aromatic rings. The zero-order chi connectivity index (χ0) is 31.7. The summed E-state index contributed by atoms with van der Waals surface area (Å²) in [6.07, 6.45) is 7.42. The number of anilines is 1. The van der Waals surface area contributed by atoms with E-state index in [1.807, 2.05) is 60.0 Å². The van der Waals surface area contributed by atoms with Gasteiger partial charge in [0.1, 0.15) is 28.8 Å². The van der Waals surface area contributed by atoms with Gasteiger partial charge in [-0.3, -0.25) is 9.52 Å². The molecule has 0 bridgehead atoms. The maximum atomic E-state index is 13.9. The van der Waals surface area contributed by atoms with Gasteiger partial charge in [0.05, 0.1) is 10.6 Å². The summed E-state index contributed by atoms with van der Waals surface area (Å²) in [6, 6.07) is 15.9. The molecule has 4 heterocycles. The number of pyridine rings is 1. The van der Waals surface area contributed by atoms with Crippen molar-refractivity contribution >= 4 is 29.6 Å². The zero-order valence-corrected chi connectivity index (χ0v) is 26.2. The van der Waals surface area contributed by atoms with Gasteiger partial charge in [-0.05, 0) is 81.0 Å². The molecule has 232 valence electrons. The van der Waals surface area contributed by atoms with E-state index in [4.69, 9.17) is 9.78 Å². The maximum Gasteiger partial charge on any atom is 0.272 e. The first-order valence-corrected chi connectivity index (χ1v) is 15.9. The first kappa shape index (κ1) is 30.8. The number of allylic oxidation sites excluding steroid dienone is 1.